The molecule has 1 fully saturated rings. The maximum atomic E-state index is 5.62. The average Bonchev–Trinajstić information content (AvgIpc) is 2.80. The van der Waals surface area contributed by atoms with Crippen LogP contribution in [0.4, 0.5) is 0 Å². The van der Waals surface area contributed by atoms with E-state index in [9.17, 15) is 0 Å². The number of furan rings is 1. The molecule has 2 heterocycles. The second-order valence-electron chi connectivity index (χ2n) is 4.75. The molecule has 1 saturated heterocycles. The first-order valence-corrected chi connectivity index (χ1v) is 6.30. The predicted octanol–water partition coefficient (Wildman–Crippen LogP) is 1.60. The zero-order valence-corrected chi connectivity index (χ0v) is 10.5. The summed E-state index contributed by atoms with van der Waals surface area (Å²) in [6.45, 7) is 4.54. The number of rotatable bonds is 5. The molecule has 0 amide bonds. The smallest absolute Gasteiger partial charge is 0.118 e. The third kappa shape index (κ3) is 3.56. The zero-order valence-electron chi connectivity index (χ0n) is 10.5. The second kappa shape index (κ2) is 6.19. The molecule has 1 aromatic heterocycles. The minimum Gasteiger partial charge on any atom is -0.463 e. The Morgan fingerprint density at radius 1 is 1.35 bits per heavy atom. The van der Waals surface area contributed by atoms with Crippen molar-refractivity contribution in [1.29, 1.82) is 0 Å². The molecule has 96 valence electrons. The lowest BCUT2D eigenvalue weighted by molar-refractivity contribution is 0.0937. The van der Waals surface area contributed by atoms with Gasteiger partial charge in [0.05, 0.1) is 13.1 Å². The SMILES string of the molecule is COCC1CCN(Cc2ccc(CN)o2)CC1. The maximum Gasteiger partial charge on any atom is 0.118 e. The lowest BCUT2D eigenvalue weighted by Crippen LogP contribution is -2.34. The van der Waals surface area contributed by atoms with Crippen molar-refractivity contribution in [2.45, 2.75) is 25.9 Å². The first-order chi connectivity index (χ1) is 8.31. The predicted molar refractivity (Wildman–Crippen MR) is 66.5 cm³/mol. The second-order valence-corrected chi connectivity index (χ2v) is 4.75. The monoisotopic (exact) mass is 238 g/mol. The highest BCUT2D eigenvalue weighted by Gasteiger charge is 2.19. The Kier molecular flexibility index (Phi) is 4.59. The van der Waals surface area contributed by atoms with Gasteiger partial charge in [-0.25, -0.2) is 0 Å². The van der Waals surface area contributed by atoms with E-state index >= 15 is 0 Å². The first kappa shape index (κ1) is 12.6. The van der Waals surface area contributed by atoms with Gasteiger partial charge in [0.2, 0.25) is 0 Å². The van der Waals surface area contributed by atoms with Gasteiger partial charge < -0.3 is 14.9 Å². The fraction of sp³-hybridized carbons (Fsp3) is 0.692. The molecule has 17 heavy (non-hydrogen) atoms. The van der Waals surface area contributed by atoms with Gasteiger partial charge in [-0.1, -0.05) is 0 Å². The molecule has 4 heteroatoms. The van der Waals surface area contributed by atoms with Crippen LogP contribution in [0, 0.1) is 5.92 Å². The van der Waals surface area contributed by atoms with E-state index in [0.29, 0.717) is 6.54 Å². The Balaban J connectivity index is 1.77. The molecule has 0 aliphatic carbocycles. The molecule has 2 rings (SSSR count). The standard InChI is InChI=1S/C13H22N2O2/c1-16-10-11-4-6-15(7-5-11)9-13-3-2-12(8-14)17-13/h2-3,11H,4-10,14H2,1H3. The highest BCUT2D eigenvalue weighted by Crippen LogP contribution is 2.19. The van der Waals surface area contributed by atoms with Crippen molar-refractivity contribution in [2.24, 2.45) is 11.7 Å². The number of methoxy groups -OCH3 is 1. The van der Waals surface area contributed by atoms with Crippen LogP contribution in [-0.4, -0.2) is 31.7 Å². The van der Waals surface area contributed by atoms with Crippen LogP contribution < -0.4 is 5.73 Å². The number of piperidine rings is 1. The van der Waals surface area contributed by atoms with E-state index in [0.717, 1.165) is 43.7 Å². The molecule has 0 atom stereocenters. The largest absolute Gasteiger partial charge is 0.463 e. The number of ether oxygens (including phenoxy) is 1. The van der Waals surface area contributed by atoms with Crippen LogP contribution in [0.1, 0.15) is 24.4 Å². The van der Waals surface area contributed by atoms with Crippen LogP contribution >= 0.6 is 0 Å². The van der Waals surface area contributed by atoms with Crippen molar-refractivity contribution < 1.29 is 9.15 Å². The lowest BCUT2D eigenvalue weighted by atomic mass is 9.98. The van der Waals surface area contributed by atoms with E-state index in [2.05, 4.69) is 4.90 Å². The molecule has 0 radical (unpaired) electrons. The van der Waals surface area contributed by atoms with Crippen molar-refractivity contribution >= 4 is 0 Å². The van der Waals surface area contributed by atoms with Gasteiger partial charge >= 0.3 is 0 Å². The van der Waals surface area contributed by atoms with E-state index in [-0.39, 0.29) is 0 Å². The quantitative estimate of drug-likeness (QED) is 0.846. The number of hydrogen-bond donors (Lipinski definition) is 1. The van der Waals surface area contributed by atoms with Gasteiger partial charge in [-0.05, 0) is 44.0 Å². The number of nitrogens with zero attached hydrogens (tertiary/aromatic N) is 1. The van der Waals surface area contributed by atoms with Gasteiger partial charge in [-0.2, -0.15) is 0 Å². The lowest BCUT2D eigenvalue weighted by Gasteiger charge is -2.30. The topological polar surface area (TPSA) is 51.6 Å². The summed E-state index contributed by atoms with van der Waals surface area (Å²) < 4.78 is 10.8. The molecule has 0 bridgehead atoms. The van der Waals surface area contributed by atoms with Gasteiger partial charge in [0.1, 0.15) is 11.5 Å². The molecule has 0 aromatic carbocycles. The summed E-state index contributed by atoms with van der Waals surface area (Å²) >= 11 is 0. The fourth-order valence-corrected chi connectivity index (χ4v) is 2.38. The van der Waals surface area contributed by atoms with Gasteiger partial charge in [-0.15, -0.1) is 0 Å². The Morgan fingerprint density at radius 3 is 2.65 bits per heavy atom. The van der Waals surface area contributed by atoms with E-state index < -0.39 is 0 Å². The van der Waals surface area contributed by atoms with Gasteiger partial charge in [0, 0.05) is 13.7 Å². The van der Waals surface area contributed by atoms with E-state index in [1.165, 1.54) is 12.8 Å². The van der Waals surface area contributed by atoms with Gasteiger partial charge in [0.15, 0.2) is 0 Å². The Labute approximate surface area is 103 Å². The first-order valence-electron chi connectivity index (χ1n) is 6.30. The minimum atomic E-state index is 0.482. The van der Waals surface area contributed by atoms with Crippen LogP contribution in [0.2, 0.25) is 0 Å². The zero-order chi connectivity index (χ0) is 12.1. The normalized spacial score (nSPS) is 18.7. The van der Waals surface area contributed by atoms with Crippen molar-refractivity contribution in [1.82, 2.24) is 4.90 Å². The number of likely N-dealkylation sites (tertiary alicyclic amines) is 1. The van der Waals surface area contributed by atoms with E-state index in [1.807, 2.05) is 12.1 Å². The molecule has 1 aromatic rings. The van der Waals surface area contributed by atoms with E-state index in [1.54, 1.807) is 7.11 Å². The highest BCUT2D eigenvalue weighted by molar-refractivity contribution is 5.06. The summed E-state index contributed by atoms with van der Waals surface area (Å²) in [7, 11) is 1.78. The summed E-state index contributed by atoms with van der Waals surface area (Å²) in [6, 6.07) is 4.00. The van der Waals surface area contributed by atoms with E-state index in [4.69, 9.17) is 14.9 Å². The van der Waals surface area contributed by atoms with Gasteiger partial charge in [0.25, 0.3) is 0 Å². The van der Waals surface area contributed by atoms with Crippen molar-refractivity contribution in [3.05, 3.63) is 23.7 Å². The number of nitrogens with two attached hydrogens (primary N) is 1. The summed E-state index contributed by atoms with van der Waals surface area (Å²) in [5.41, 5.74) is 5.53. The molecule has 0 spiro atoms. The molecular formula is C13H22N2O2. The van der Waals surface area contributed by atoms with Crippen molar-refractivity contribution in [3.8, 4) is 0 Å². The van der Waals surface area contributed by atoms with Crippen LogP contribution in [0.25, 0.3) is 0 Å². The Bertz CT molecular complexity index is 330. The fourth-order valence-electron chi connectivity index (χ4n) is 2.38. The molecule has 2 N–H and O–H groups in total. The Morgan fingerprint density at radius 2 is 2.06 bits per heavy atom. The van der Waals surface area contributed by atoms with Crippen LogP contribution in [0.15, 0.2) is 16.5 Å². The van der Waals surface area contributed by atoms with Crippen molar-refractivity contribution in [3.63, 3.8) is 0 Å². The number of hydrogen-bond acceptors (Lipinski definition) is 4. The van der Waals surface area contributed by atoms with Gasteiger partial charge in [-0.3, -0.25) is 4.90 Å². The maximum absolute atomic E-state index is 5.62. The van der Waals surface area contributed by atoms with Crippen molar-refractivity contribution in [2.75, 3.05) is 26.8 Å². The molecule has 0 unspecified atom stereocenters. The van der Waals surface area contributed by atoms with Crippen LogP contribution in [-0.2, 0) is 17.8 Å². The molecule has 0 saturated carbocycles. The summed E-state index contributed by atoms with van der Waals surface area (Å²) in [5.74, 6) is 2.62. The third-order valence-corrected chi connectivity index (χ3v) is 3.41. The molecule has 4 nitrogen and oxygen atoms in total. The Hall–Kier alpha value is -0.840. The molecule has 1 aliphatic rings. The molecular weight excluding hydrogens is 216 g/mol. The minimum absolute atomic E-state index is 0.482. The summed E-state index contributed by atoms with van der Waals surface area (Å²) in [5, 5.41) is 0. The average molecular weight is 238 g/mol. The third-order valence-electron chi connectivity index (χ3n) is 3.41. The summed E-state index contributed by atoms with van der Waals surface area (Å²) in [6.07, 6.45) is 2.44. The van der Waals surface area contributed by atoms with Crippen LogP contribution in [0.5, 0.6) is 0 Å². The van der Waals surface area contributed by atoms with Crippen LogP contribution in [0.3, 0.4) is 0 Å². The summed E-state index contributed by atoms with van der Waals surface area (Å²) in [4.78, 5) is 2.44. The highest BCUT2D eigenvalue weighted by atomic mass is 16.5. The molecule has 1 aliphatic heterocycles.